The van der Waals surface area contributed by atoms with Crippen LogP contribution in [-0.2, 0) is 0 Å². The van der Waals surface area contributed by atoms with Gasteiger partial charge in [0.25, 0.3) is 0 Å². The van der Waals surface area contributed by atoms with Gasteiger partial charge in [0.15, 0.2) is 5.78 Å². The Bertz CT molecular complexity index is 1180. The molecule has 1 aliphatic carbocycles. The second kappa shape index (κ2) is 10.4. The molecule has 6 heteroatoms. The van der Waals surface area contributed by atoms with Gasteiger partial charge in [-0.25, -0.2) is 4.39 Å². The van der Waals surface area contributed by atoms with Crippen molar-refractivity contribution in [2.45, 2.75) is 52.5 Å². The predicted octanol–water partition coefficient (Wildman–Crippen LogP) is 7.13. The average molecular weight is 482 g/mol. The molecule has 34 heavy (non-hydrogen) atoms. The first kappa shape index (κ1) is 24.6. The van der Waals surface area contributed by atoms with Crippen LogP contribution in [0, 0.1) is 18.7 Å². The molecule has 4 rings (SSSR count). The molecule has 2 aromatic carbocycles. The Morgan fingerprint density at radius 3 is 2.56 bits per heavy atom. The van der Waals surface area contributed by atoms with Crippen molar-refractivity contribution in [1.29, 1.82) is 0 Å². The smallest absolute Gasteiger partial charge is 0.163 e. The third-order valence-corrected chi connectivity index (χ3v) is 7.56. The van der Waals surface area contributed by atoms with Crippen molar-refractivity contribution < 1.29 is 9.18 Å². The Morgan fingerprint density at radius 1 is 1.18 bits per heavy atom. The molecule has 0 aliphatic heterocycles. The van der Waals surface area contributed by atoms with Gasteiger partial charge in [0.2, 0.25) is 0 Å². The van der Waals surface area contributed by atoms with E-state index in [9.17, 15) is 9.18 Å². The third kappa shape index (κ3) is 5.26. The summed E-state index contributed by atoms with van der Waals surface area (Å²) in [5.74, 6) is 0.365. The molecule has 0 radical (unpaired) electrons. The van der Waals surface area contributed by atoms with Gasteiger partial charge in [-0.3, -0.25) is 9.78 Å². The summed E-state index contributed by atoms with van der Waals surface area (Å²) in [6, 6.07) is 9.42. The van der Waals surface area contributed by atoms with E-state index in [2.05, 4.69) is 29.2 Å². The number of rotatable bonds is 7. The van der Waals surface area contributed by atoms with Crippen LogP contribution in [0.5, 0.6) is 0 Å². The number of halogens is 2. The minimum absolute atomic E-state index is 0.0232. The number of nitrogens with one attached hydrogen (secondary N) is 1. The molecule has 4 nitrogen and oxygen atoms in total. The molecule has 1 heterocycles. The molecule has 0 atom stereocenters. The Morgan fingerprint density at radius 2 is 1.91 bits per heavy atom. The lowest BCUT2D eigenvalue weighted by Crippen LogP contribution is -2.32. The molecular formula is C28H33ClFN3O. The molecule has 1 aromatic heterocycles. The van der Waals surface area contributed by atoms with E-state index in [1.165, 1.54) is 18.9 Å². The molecule has 0 amide bonds. The summed E-state index contributed by atoms with van der Waals surface area (Å²) in [5, 5.41) is 4.97. The zero-order chi connectivity index (χ0) is 24.4. The highest BCUT2D eigenvalue weighted by Gasteiger charge is 2.24. The Hall–Kier alpha value is -2.50. The summed E-state index contributed by atoms with van der Waals surface area (Å²) < 4.78 is 14.4. The minimum Gasteiger partial charge on any atom is -0.381 e. The number of carbonyl (C=O) groups is 1. The molecule has 0 bridgehead atoms. The van der Waals surface area contributed by atoms with Gasteiger partial charge < -0.3 is 10.2 Å². The molecule has 1 aliphatic rings. The maximum atomic E-state index is 14.4. The molecule has 0 spiro atoms. The summed E-state index contributed by atoms with van der Waals surface area (Å²) in [6.45, 7) is 7.64. The van der Waals surface area contributed by atoms with E-state index in [1.807, 2.05) is 18.2 Å². The van der Waals surface area contributed by atoms with E-state index in [4.69, 9.17) is 11.6 Å². The molecule has 1 saturated carbocycles. The van der Waals surface area contributed by atoms with E-state index < -0.39 is 0 Å². The monoisotopic (exact) mass is 481 g/mol. The van der Waals surface area contributed by atoms with Gasteiger partial charge in [-0.05, 0) is 94.4 Å². The summed E-state index contributed by atoms with van der Waals surface area (Å²) in [5.41, 5.74) is 4.20. The van der Waals surface area contributed by atoms with Crippen LogP contribution in [0.15, 0.2) is 36.5 Å². The quantitative estimate of drug-likeness (QED) is 0.364. The van der Waals surface area contributed by atoms with Gasteiger partial charge in [-0.15, -0.1) is 0 Å². The van der Waals surface area contributed by atoms with Crippen molar-refractivity contribution in [2.24, 2.45) is 5.92 Å². The van der Waals surface area contributed by atoms with Gasteiger partial charge in [0.05, 0.1) is 16.8 Å². The summed E-state index contributed by atoms with van der Waals surface area (Å²) >= 11 is 6.25. The van der Waals surface area contributed by atoms with Gasteiger partial charge in [-0.2, -0.15) is 0 Å². The Balaban J connectivity index is 1.67. The predicted molar refractivity (Wildman–Crippen MR) is 139 cm³/mol. The van der Waals surface area contributed by atoms with Crippen LogP contribution in [0.3, 0.4) is 0 Å². The van der Waals surface area contributed by atoms with Gasteiger partial charge in [-0.1, -0.05) is 24.6 Å². The van der Waals surface area contributed by atoms with E-state index in [0.717, 1.165) is 54.0 Å². The number of nitrogens with zero attached hydrogens (tertiary/aromatic N) is 2. The highest BCUT2D eigenvalue weighted by Crippen LogP contribution is 2.35. The number of Topliss-reactive ketones (excluding diaryl/α,β-unsaturated/α-hetero) is 1. The van der Waals surface area contributed by atoms with E-state index in [-0.39, 0.29) is 11.6 Å². The molecule has 0 unspecified atom stereocenters. The fourth-order valence-corrected chi connectivity index (χ4v) is 5.08. The summed E-state index contributed by atoms with van der Waals surface area (Å²) in [6.07, 6.45) is 6.15. The van der Waals surface area contributed by atoms with Crippen LogP contribution in [0.4, 0.5) is 10.1 Å². The largest absolute Gasteiger partial charge is 0.381 e. The number of hydrogen-bond acceptors (Lipinski definition) is 4. The second-order valence-electron chi connectivity index (χ2n) is 9.62. The van der Waals surface area contributed by atoms with Crippen LogP contribution in [0.25, 0.3) is 22.0 Å². The number of fused-ring (bicyclic) bond motifs is 1. The van der Waals surface area contributed by atoms with Crippen LogP contribution in [-0.4, -0.2) is 41.8 Å². The molecule has 3 aromatic rings. The van der Waals surface area contributed by atoms with Crippen LogP contribution in [0.2, 0.25) is 5.02 Å². The van der Waals surface area contributed by atoms with E-state index >= 15 is 0 Å². The van der Waals surface area contributed by atoms with E-state index in [1.54, 1.807) is 26.1 Å². The number of ketones is 1. The Kier molecular flexibility index (Phi) is 7.54. The van der Waals surface area contributed by atoms with Crippen LogP contribution in [0.1, 0.15) is 55.5 Å². The number of benzene rings is 2. The normalized spacial score (nSPS) is 18.4. The average Bonchev–Trinajstić information content (AvgIpc) is 2.83. The third-order valence-electron chi connectivity index (χ3n) is 7.17. The zero-order valence-electron chi connectivity index (χ0n) is 20.4. The van der Waals surface area contributed by atoms with Crippen LogP contribution < -0.4 is 5.32 Å². The number of aromatic nitrogens is 1. The van der Waals surface area contributed by atoms with Gasteiger partial charge in [0, 0.05) is 34.8 Å². The molecule has 1 fully saturated rings. The van der Waals surface area contributed by atoms with Crippen LogP contribution >= 0.6 is 11.6 Å². The van der Waals surface area contributed by atoms with Crippen molar-refractivity contribution in [3.8, 4) is 11.1 Å². The summed E-state index contributed by atoms with van der Waals surface area (Å²) in [4.78, 5) is 19.4. The Labute approximate surface area is 206 Å². The van der Waals surface area contributed by atoms with E-state index in [0.29, 0.717) is 27.8 Å². The van der Waals surface area contributed by atoms with Gasteiger partial charge >= 0.3 is 0 Å². The lowest BCUT2D eigenvalue weighted by atomic mass is 9.85. The first-order valence-electron chi connectivity index (χ1n) is 12.1. The van der Waals surface area contributed by atoms with Crippen molar-refractivity contribution in [2.75, 3.05) is 25.5 Å². The van der Waals surface area contributed by atoms with Crippen molar-refractivity contribution in [1.82, 2.24) is 9.88 Å². The topological polar surface area (TPSA) is 45.2 Å². The number of pyridine rings is 1. The SMILES string of the molecule is CCN(C)C[C@H]1CC[C@H](Nc2c(C(C)=O)cnc3ccc(-c4cc(F)c(C)c(Cl)c4)cc23)CC1. The minimum atomic E-state index is -0.331. The fraction of sp³-hybridized carbons (Fsp3) is 0.429. The first-order valence-corrected chi connectivity index (χ1v) is 12.5. The highest BCUT2D eigenvalue weighted by molar-refractivity contribution is 6.31. The number of anilines is 1. The van der Waals surface area contributed by atoms with Gasteiger partial charge in [0.1, 0.15) is 5.82 Å². The number of carbonyl (C=O) groups excluding carboxylic acids is 1. The standard InChI is InChI=1S/C28H33ClFN3O/c1-5-33(4)16-19-6-9-22(10-7-19)32-28-23-12-20(21-13-25(29)17(2)26(30)14-21)8-11-27(23)31-15-24(28)18(3)34/h8,11-15,19,22H,5-7,9-10,16H2,1-4H3,(H,31,32)/t19-,22-. The second-order valence-corrected chi connectivity index (χ2v) is 10.0. The fourth-order valence-electron chi connectivity index (χ4n) is 4.87. The number of hydrogen-bond donors (Lipinski definition) is 1. The molecular weight excluding hydrogens is 449 g/mol. The molecule has 180 valence electrons. The van der Waals surface area contributed by atoms with Crippen molar-refractivity contribution in [3.05, 3.63) is 58.5 Å². The molecule has 1 N–H and O–H groups in total. The lowest BCUT2D eigenvalue weighted by Gasteiger charge is -2.32. The highest BCUT2D eigenvalue weighted by atomic mass is 35.5. The molecule has 0 saturated heterocycles. The first-order chi connectivity index (χ1) is 16.3. The van der Waals surface area contributed by atoms with Crippen molar-refractivity contribution >= 4 is 34.0 Å². The lowest BCUT2D eigenvalue weighted by molar-refractivity contribution is 0.101. The zero-order valence-corrected chi connectivity index (χ0v) is 21.2. The maximum absolute atomic E-state index is 14.4. The summed E-state index contributed by atoms with van der Waals surface area (Å²) in [7, 11) is 2.18. The maximum Gasteiger partial charge on any atom is 0.163 e. The van der Waals surface area contributed by atoms with Crippen molar-refractivity contribution in [3.63, 3.8) is 0 Å².